The van der Waals surface area contributed by atoms with Gasteiger partial charge in [-0.3, -0.25) is 4.79 Å². The first-order valence-electron chi connectivity index (χ1n) is 8.69. The van der Waals surface area contributed by atoms with Crippen molar-refractivity contribution in [2.24, 2.45) is 0 Å². The van der Waals surface area contributed by atoms with Crippen LogP contribution in [-0.4, -0.2) is 12.9 Å². The zero-order valence-corrected chi connectivity index (χ0v) is 13.9. The molecule has 1 rings (SSSR count). The third-order valence-corrected chi connectivity index (χ3v) is 3.63. The van der Waals surface area contributed by atoms with Gasteiger partial charge >= 0.3 is 0 Å². The van der Waals surface area contributed by atoms with E-state index in [4.69, 9.17) is 9.15 Å². The molecule has 1 aromatic heterocycles. The van der Waals surface area contributed by atoms with Gasteiger partial charge in [-0.05, 0) is 31.7 Å². The zero-order valence-electron chi connectivity index (χ0n) is 13.9. The van der Waals surface area contributed by atoms with Crippen LogP contribution in [0.1, 0.15) is 81.7 Å². The van der Waals surface area contributed by atoms with E-state index in [1.165, 1.54) is 51.4 Å². The highest BCUT2D eigenvalue weighted by atomic mass is 16.6. The van der Waals surface area contributed by atoms with E-state index in [-0.39, 0.29) is 0 Å². The number of carbonyl (C=O) groups excluding carboxylic acids is 1. The van der Waals surface area contributed by atoms with Crippen molar-refractivity contribution >= 4 is 6.29 Å². The maximum atomic E-state index is 10.5. The molecule has 0 fully saturated rings. The molecule has 0 aliphatic rings. The van der Waals surface area contributed by atoms with E-state index in [1.807, 2.05) is 0 Å². The van der Waals surface area contributed by atoms with Crippen LogP contribution < -0.4 is 4.74 Å². The first-order chi connectivity index (χ1) is 10.9. The highest BCUT2D eigenvalue weighted by molar-refractivity contribution is 5.70. The maximum Gasteiger partial charge on any atom is 0.284 e. The summed E-state index contributed by atoms with van der Waals surface area (Å²) in [6, 6.07) is 3.32. The smallest absolute Gasteiger partial charge is 0.284 e. The Morgan fingerprint density at radius 1 is 0.955 bits per heavy atom. The number of hydrogen-bond donors (Lipinski definition) is 0. The quantitative estimate of drug-likeness (QED) is 0.242. The molecule has 0 radical (unpaired) electrons. The molecule has 0 aliphatic heterocycles. The summed E-state index contributed by atoms with van der Waals surface area (Å²) >= 11 is 0. The van der Waals surface area contributed by atoms with Crippen LogP contribution in [0, 0.1) is 0 Å². The molecule has 3 heteroatoms. The summed E-state index contributed by atoms with van der Waals surface area (Å²) < 4.78 is 10.6. The van der Waals surface area contributed by atoms with Crippen LogP contribution >= 0.6 is 0 Å². The van der Waals surface area contributed by atoms with Gasteiger partial charge in [0.2, 0.25) is 0 Å². The van der Waals surface area contributed by atoms with Crippen LogP contribution in [0.25, 0.3) is 0 Å². The van der Waals surface area contributed by atoms with Crippen LogP contribution in [0.15, 0.2) is 28.7 Å². The van der Waals surface area contributed by atoms with Crippen LogP contribution in [-0.2, 0) is 0 Å². The number of furan rings is 1. The van der Waals surface area contributed by atoms with Gasteiger partial charge in [0.25, 0.3) is 5.95 Å². The number of hydrogen-bond acceptors (Lipinski definition) is 3. The summed E-state index contributed by atoms with van der Waals surface area (Å²) in [4.78, 5) is 10.5. The minimum atomic E-state index is 0.320. The van der Waals surface area contributed by atoms with Crippen molar-refractivity contribution < 1.29 is 13.9 Å². The Kier molecular flexibility index (Phi) is 11.1. The van der Waals surface area contributed by atoms with Crippen LogP contribution in [0.3, 0.4) is 0 Å². The summed E-state index contributed by atoms with van der Waals surface area (Å²) in [6.45, 7) is 2.84. The first-order valence-corrected chi connectivity index (χ1v) is 8.69. The molecule has 22 heavy (non-hydrogen) atoms. The van der Waals surface area contributed by atoms with Crippen LogP contribution in [0.4, 0.5) is 0 Å². The number of allylic oxidation sites excluding steroid dienone is 2. The van der Waals surface area contributed by atoms with E-state index < -0.39 is 0 Å². The summed E-state index contributed by atoms with van der Waals surface area (Å²) in [5, 5.41) is 0. The van der Waals surface area contributed by atoms with Crippen molar-refractivity contribution in [1.29, 1.82) is 0 Å². The molecular weight excluding hydrogens is 276 g/mol. The number of carbonyl (C=O) groups is 1. The molecule has 0 aliphatic carbocycles. The minimum absolute atomic E-state index is 0.320. The largest absolute Gasteiger partial charge is 0.465 e. The van der Waals surface area contributed by atoms with Crippen molar-refractivity contribution in [2.45, 2.75) is 71.1 Å². The molecule has 3 nitrogen and oxygen atoms in total. The van der Waals surface area contributed by atoms with E-state index in [0.717, 1.165) is 12.8 Å². The molecule has 0 N–H and O–H groups in total. The van der Waals surface area contributed by atoms with E-state index >= 15 is 0 Å². The third kappa shape index (κ3) is 9.43. The molecule has 0 saturated carbocycles. The Labute approximate surface area is 134 Å². The van der Waals surface area contributed by atoms with E-state index in [1.54, 1.807) is 12.1 Å². The van der Waals surface area contributed by atoms with Crippen molar-refractivity contribution in [3.63, 3.8) is 0 Å². The maximum absolute atomic E-state index is 10.5. The van der Waals surface area contributed by atoms with Gasteiger partial charge < -0.3 is 9.15 Å². The number of unbranched alkanes of at least 4 members (excludes halogenated alkanes) is 8. The fraction of sp³-hybridized carbons (Fsp3) is 0.632. The average molecular weight is 306 g/mol. The first kappa shape index (κ1) is 18.5. The van der Waals surface area contributed by atoms with Gasteiger partial charge in [-0.2, -0.15) is 0 Å². The molecule has 0 atom stereocenters. The van der Waals surface area contributed by atoms with Crippen molar-refractivity contribution in [3.05, 3.63) is 30.0 Å². The SMILES string of the molecule is CCC=CCCCCCCCCCCOc1ccc(C=O)o1. The Balaban J connectivity index is 1.81. The molecule has 1 heterocycles. The topological polar surface area (TPSA) is 39.4 Å². The standard InChI is InChI=1S/C19H30O3/c1-2-3-4-5-6-7-8-9-10-11-12-13-16-21-19-15-14-18(17-20)22-19/h3-4,14-15,17H,2,5-13,16H2,1H3. The summed E-state index contributed by atoms with van der Waals surface area (Å²) in [5.74, 6) is 0.763. The molecule has 0 spiro atoms. The molecule has 0 saturated heterocycles. The van der Waals surface area contributed by atoms with Crippen LogP contribution in [0.2, 0.25) is 0 Å². The highest BCUT2D eigenvalue weighted by Crippen LogP contribution is 2.15. The van der Waals surface area contributed by atoms with Crippen LogP contribution in [0.5, 0.6) is 5.95 Å². The fourth-order valence-corrected chi connectivity index (χ4v) is 2.36. The summed E-state index contributed by atoms with van der Waals surface area (Å²) in [6.07, 6.45) is 17.9. The Morgan fingerprint density at radius 3 is 2.27 bits per heavy atom. The van der Waals surface area contributed by atoms with Crippen molar-refractivity contribution in [1.82, 2.24) is 0 Å². The number of ether oxygens (including phenoxy) is 1. The Morgan fingerprint density at radius 2 is 1.64 bits per heavy atom. The summed E-state index contributed by atoms with van der Waals surface area (Å²) in [7, 11) is 0. The predicted molar refractivity (Wildman–Crippen MR) is 90.6 cm³/mol. The lowest BCUT2D eigenvalue weighted by Gasteiger charge is -2.03. The minimum Gasteiger partial charge on any atom is -0.465 e. The normalized spacial score (nSPS) is 11.1. The zero-order chi connectivity index (χ0) is 15.9. The van der Waals surface area contributed by atoms with E-state index in [9.17, 15) is 4.79 Å². The highest BCUT2D eigenvalue weighted by Gasteiger charge is 2.01. The molecule has 0 amide bonds. The molecule has 0 aromatic carbocycles. The lowest BCUT2D eigenvalue weighted by molar-refractivity contribution is 0.109. The van der Waals surface area contributed by atoms with Gasteiger partial charge in [-0.15, -0.1) is 0 Å². The number of aldehydes is 1. The number of rotatable bonds is 14. The average Bonchev–Trinajstić information content (AvgIpc) is 3.00. The van der Waals surface area contributed by atoms with Gasteiger partial charge in [-0.1, -0.05) is 57.6 Å². The lowest BCUT2D eigenvalue weighted by atomic mass is 10.1. The second-order valence-corrected chi connectivity index (χ2v) is 5.62. The van der Waals surface area contributed by atoms with Gasteiger partial charge in [-0.25, -0.2) is 0 Å². The molecule has 124 valence electrons. The van der Waals surface area contributed by atoms with Gasteiger partial charge in [0.1, 0.15) is 0 Å². The second kappa shape index (κ2) is 13.2. The Hall–Kier alpha value is -1.51. The van der Waals surface area contributed by atoms with E-state index in [2.05, 4.69) is 19.1 Å². The van der Waals surface area contributed by atoms with E-state index in [0.29, 0.717) is 24.6 Å². The summed E-state index contributed by atoms with van der Waals surface area (Å²) in [5.41, 5.74) is 0. The van der Waals surface area contributed by atoms with Gasteiger partial charge in [0, 0.05) is 6.07 Å². The Bertz CT molecular complexity index is 407. The molecule has 0 bridgehead atoms. The van der Waals surface area contributed by atoms with Crippen molar-refractivity contribution in [2.75, 3.05) is 6.61 Å². The fourth-order valence-electron chi connectivity index (χ4n) is 2.36. The third-order valence-electron chi connectivity index (χ3n) is 3.63. The molecule has 0 unspecified atom stereocenters. The lowest BCUT2D eigenvalue weighted by Crippen LogP contribution is -1.96. The second-order valence-electron chi connectivity index (χ2n) is 5.62. The monoisotopic (exact) mass is 306 g/mol. The molecule has 1 aromatic rings. The van der Waals surface area contributed by atoms with Gasteiger partial charge in [0.05, 0.1) is 6.61 Å². The molecular formula is C19H30O3. The van der Waals surface area contributed by atoms with Crippen molar-refractivity contribution in [3.8, 4) is 5.95 Å². The predicted octanol–water partition coefficient (Wildman–Crippen LogP) is 5.95. The van der Waals surface area contributed by atoms with Gasteiger partial charge in [0.15, 0.2) is 12.0 Å².